The molecular formula is C22H26N2O6. The molecule has 0 saturated heterocycles. The van der Waals surface area contributed by atoms with Gasteiger partial charge in [0.05, 0.1) is 39.5 Å². The van der Waals surface area contributed by atoms with Crippen molar-refractivity contribution < 1.29 is 28.9 Å². The standard InChI is InChI=1S/C22H26N2O6/c1-13-5-6-18(28-2)16(9-13)23-22(27)24-8-7-14-10-19(29-3)20(30-4)11-15(14)17(24)12-21(25)26/h5-6,9-11,17H,7-8,12H2,1-4H3,(H,23,27)(H,25,26)/t17-/m0/s1. The van der Waals surface area contributed by atoms with Crippen molar-refractivity contribution in [1.82, 2.24) is 4.90 Å². The normalized spacial score (nSPS) is 15.2. The Morgan fingerprint density at radius 3 is 2.37 bits per heavy atom. The third kappa shape index (κ3) is 4.27. The zero-order chi connectivity index (χ0) is 21.8. The van der Waals surface area contributed by atoms with Crippen LogP contribution in [0.15, 0.2) is 30.3 Å². The van der Waals surface area contributed by atoms with Gasteiger partial charge in [0.15, 0.2) is 11.5 Å². The van der Waals surface area contributed by atoms with Crippen LogP contribution < -0.4 is 19.5 Å². The molecule has 8 nitrogen and oxygen atoms in total. The highest BCUT2D eigenvalue weighted by Crippen LogP contribution is 2.40. The van der Waals surface area contributed by atoms with E-state index in [1.54, 1.807) is 24.1 Å². The molecule has 1 aliphatic heterocycles. The third-order valence-electron chi connectivity index (χ3n) is 5.23. The van der Waals surface area contributed by atoms with Crippen LogP contribution in [-0.2, 0) is 11.2 Å². The molecule has 0 unspecified atom stereocenters. The van der Waals surface area contributed by atoms with Crippen molar-refractivity contribution in [1.29, 1.82) is 0 Å². The number of ether oxygens (including phenoxy) is 3. The quantitative estimate of drug-likeness (QED) is 0.749. The van der Waals surface area contributed by atoms with Gasteiger partial charge in [-0.3, -0.25) is 4.79 Å². The number of rotatable bonds is 6. The van der Waals surface area contributed by atoms with Crippen LogP contribution in [0.5, 0.6) is 17.2 Å². The summed E-state index contributed by atoms with van der Waals surface area (Å²) in [7, 11) is 4.61. The van der Waals surface area contributed by atoms with Gasteiger partial charge in [0.2, 0.25) is 0 Å². The van der Waals surface area contributed by atoms with Gasteiger partial charge < -0.3 is 29.5 Å². The minimum atomic E-state index is -0.992. The maximum absolute atomic E-state index is 13.1. The van der Waals surface area contributed by atoms with E-state index >= 15 is 0 Å². The number of carboxylic acid groups (broad SMARTS) is 1. The van der Waals surface area contributed by atoms with Gasteiger partial charge in [0.25, 0.3) is 0 Å². The molecule has 0 saturated carbocycles. The predicted molar refractivity (Wildman–Crippen MR) is 112 cm³/mol. The Morgan fingerprint density at radius 2 is 1.73 bits per heavy atom. The molecule has 2 N–H and O–H groups in total. The van der Waals surface area contributed by atoms with Crippen LogP contribution in [-0.4, -0.2) is 49.9 Å². The summed E-state index contributed by atoms with van der Waals surface area (Å²) in [6.45, 7) is 2.29. The van der Waals surface area contributed by atoms with Gasteiger partial charge in [-0.05, 0) is 54.3 Å². The molecular weight excluding hydrogens is 388 g/mol. The first-order chi connectivity index (χ1) is 14.4. The lowest BCUT2D eigenvalue weighted by atomic mass is 9.90. The molecule has 160 valence electrons. The fourth-order valence-electron chi connectivity index (χ4n) is 3.76. The molecule has 0 aromatic heterocycles. The minimum Gasteiger partial charge on any atom is -0.495 e. The summed E-state index contributed by atoms with van der Waals surface area (Å²) >= 11 is 0. The Labute approximate surface area is 175 Å². The molecule has 1 heterocycles. The molecule has 0 bridgehead atoms. The Balaban J connectivity index is 1.96. The second-order valence-corrected chi connectivity index (χ2v) is 7.10. The average molecular weight is 414 g/mol. The van der Waals surface area contributed by atoms with Gasteiger partial charge in [0, 0.05) is 6.54 Å². The van der Waals surface area contributed by atoms with E-state index in [-0.39, 0.29) is 12.5 Å². The van der Waals surface area contributed by atoms with Crippen molar-refractivity contribution in [2.75, 3.05) is 33.2 Å². The van der Waals surface area contributed by atoms with E-state index in [0.717, 1.165) is 16.7 Å². The number of aryl methyl sites for hydroxylation is 1. The predicted octanol–water partition coefficient (Wildman–Crippen LogP) is 3.63. The highest BCUT2D eigenvalue weighted by molar-refractivity contribution is 5.92. The Bertz CT molecular complexity index is 959. The van der Waals surface area contributed by atoms with Crippen LogP contribution >= 0.6 is 0 Å². The SMILES string of the molecule is COc1ccc(C)cc1NC(=O)N1CCc2cc(OC)c(OC)cc2[C@@H]1CC(=O)O. The van der Waals surface area contributed by atoms with Gasteiger partial charge in [-0.1, -0.05) is 6.07 Å². The van der Waals surface area contributed by atoms with Crippen LogP contribution in [0, 0.1) is 6.92 Å². The number of urea groups is 1. The lowest BCUT2D eigenvalue weighted by molar-refractivity contribution is -0.138. The van der Waals surface area contributed by atoms with E-state index in [1.807, 2.05) is 25.1 Å². The lowest BCUT2D eigenvalue weighted by Crippen LogP contribution is -2.43. The number of carbonyl (C=O) groups is 2. The zero-order valence-electron chi connectivity index (χ0n) is 17.5. The van der Waals surface area contributed by atoms with Crippen LogP contribution in [0.1, 0.15) is 29.2 Å². The Hall–Kier alpha value is -3.42. The largest absolute Gasteiger partial charge is 0.495 e. The molecule has 2 aromatic carbocycles. The molecule has 0 aliphatic carbocycles. The number of anilines is 1. The van der Waals surface area contributed by atoms with Gasteiger partial charge in [0.1, 0.15) is 5.75 Å². The summed E-state index contributed by atoms with van der Waals surface area (Å²) in [6.07, 6.45) is 0.352. The van der Waals surface area contributed by atoms with E-state index in [0.29, 0.717) is 35.9 Å². The monoisotopic (exact) mass is 414 g/mol. The molecule has 0 spiro atoms. The van der Waals surface area contributed by atoms with Crippen molar-refractivity contribution in [2.24, 2.45) is 0 Å². The molecule has 1 atom stereocenters. The molecule has 2 amide bonds. The number of methoxy groups -OCH3 is 3. The maximum Gasteiger partial charge on any atom is 0.322 e. The van der Waals surface area contributed by atoms with E-state index in [9.17, 15) is 14.7 Å². The lowest BCUT2D eigenvalue weighted by Gasteiger charge is -2.37. The number of nitrogens with zero attached hydrogens (tertiary/aromatic N) is 1. The first-order valence-corrected chi connectivity index (χ1v) is 9.56. The van der Waals surface area contributed by atoms with Crippen molar-refractivity contribution in [3.63, 3.8) is 0 Å². The van der Waals surface area contributed by atoms with Crippen LogP contribution in [0.4, 0.5) is 10.5 Å². The molecule has 3 rings (SSSR count). The zero-order valence-corrected chi connectivity index (χ0v) is 17.5. The Morgan fingerprint density at radius 1 is 1.07 bits per heavy atom. The number of aliphatic carboxylic acids is 1. The van der Waals surface area contributed by atoms with Crippen LogP contribution in [0.3, 0.4) is 0 Å². The maximum atomic E-state index is 13.1. The van der Waals surface area contributed by atoms with Gasteiger partial charge in [-0.25, -0.2) is 4.79 Å². The molecule has 2 aromatic rings. The summed E-state index contributed by atoms with van der Waals surface area (Å²) < 4.78 is 16.1. The average Bonchev–Trinajstić information content (AvgIpc) is 2.72. The summed E-state index contributed by atoms with van der Waals surface area (Å²) in [5.41, 5.74) is 3.19. The topological polar surface area (TPSA) is 97.3 Å². The van der Waals surface area contributed by atoms with Crippen molar-refractivity contribution >= 4 is 17.7 Å². The Kier molecular flexibility index (Phi) is 6.34. The summed E-state index contributed by atoms with van der Waals surface area (Å²) in [4.78, 5) is 26.3. The fraction of sp³-hybridized carbons (Fsp3) is 0.364. The van der Waals surface area contributed by atoms with Crippen LogP contribution in [0.25, 0.3) is 0 Å². The first-order valence-electron chi connectivity index (χ1n) is 9.56. The molecule has 0 fully saturated rings. The van der Waals surface area contributed by atoms with Crippen molar-refractivity contribution in [2.45, 2.75) is 25.8 Å². The van der Waals surface area contributed by atoms with E-state index in [2.05, 4.69) is 5.32 Å². The fourth-order valence-corrected chi connectivity index (χ4v) is 3.76. The summed E-state index contributed by atoms with van der Waals surface area (Å²) in [5, 5.41) is 12.4. The van der Waals surface area contributed by atoms with Gasteiger partial charge >= 0.3 is 12.0 Å². The second-order valence-electron chi connectivity index (χ2n) is 7.10. The number of fused-ring (bicyclic) bond motifs is 1. The number of carbonyl (C=O) groups excluding carboxylic acids is 1. The number of hydrogen-bond donors (Lipinski definition) is 2. The molecule has 1 aliphatic rings. The van der Waals surface area contributed by atoms with Crippen molar-refractivity contribution in [3.05, 3.63) is 47.0 Å². The number of carboxylic acids is 1. The number of amides is 2. The van der Waals surface area contributed by atoms with E-state index < -0.39 is 12.0 Å². The summed E-state index contributed by atoms with van der Waals surface area (Å²) in [6, 6.07) is 8.07. The molecule has 8 heteroatoms. The van der Waals surface area contributed by atoms with Gasteiger partial charge in [-0.15, -0.1) is 0 Å². The number of benzene rings is 2. The van der Waals surface area contributed by atoms with E-state index in [1.165, 1.54) is 14.2 Å². The van der Waals surface area contributed by atoms with E-state index in [4.69, 9.17) is 14.2 Å². The molecule has 0 radical (unpaired) electrons. The first kappa shape index (κ1) is 21.3. The highest BCUT2D eigenvalue weighted by Gasteiger charge is 2.34. The number of nitrogens with one attached hydrogen (secondary N) is 1. The third-order valence-corrected chi connectivity index (χ3v) is 5.23. The molecule has 30 heavy (non-hydrogen) atoms. The van der Waals surface area contributed by atoms with Crippen LogP contribution in [0.2, 0.25) is 0 Å². The highest BCUT2D eigenvalue weighted by atomic mass is 16.5. The smallest absolute Gasteiger partial charge is 0.322 e. The number of hydrogen-bond acceptors (Lipinski definition) is 5. The van der Waals surface area contributed by atoms with Crippen molar-refractivity contribution in [3.8, 4) is 17.2 Å². The summed E-state index contributed by atoms with van der Waals surface area (Å²) in [5.74, 6) is 0.614. The van der Waals surface area contributed by atoms with Gasteiger partial charge in [-0.2, -0.15) is 0 Å². The minimum absolute atomic E-state index is 0.221. The second kappa shape index (κ2) is 8.94.